The summed E-state index contributed by atoms with van der Waals surface area (Å²) in [4.78, 5) is 12.5. The Hall–Kier alpha value is -2.42. The Labute approximate surface area is 165 Å². The highest BCUT2D eigenvalue weighted by atomic mass is 32.2. The second-order valence-corrected chi connectivity index (χ2v) is 8.25. The summed E-state index contributed by atoms with van der Waals surface area (Å²) in [5, 5.41) is 2.80. The average molecular weight is 404 g/mol. The van der Waals surface area contributed by atoms with E-state index in [2.05, 4.69) is 5.32 Å². The summed E-state index contributed by atoms with van der Waals surface area (Å²) in [7, 11) is -3.62. The van der Waals surface area contributed by atoms with Gasteiger partial charge in [-0.3, -0.25) is 4.79 Å². The quantitative estimate of drug-likeness (QED) is 0.680. The van der Waals surface area contributed by atoms with Gasteiger partial charge >= 0.3 is 0 Å². The molecule has 2 aromatic rings. The second-order valence-electron chi connectivity index (χ2n) is 6.32. The van der Waals surface area contributed by atoms with Gasteiger partial charge in [-0.25, -0.2) is 8.42 Å². The number of amides is 1. The van der Waals surface area contributed by atoms with E-state index in [1.165, 1.54) is 16.4 Å². The Morgan fingerprint density at radius 2 is 1.82 bits per heavy atom. The van der Waals surface area contributed by atoms with Crippen molar-refractivity contribution in [3.8, 4) is 5.75 Å². The van der Waals surface area contributed by atoms with Crippen molar-refractivity contribution >= 4 is 15.9 Å². The molecule has 1 aliphatic heterocycles. The molecule has 1 aliphatic rings. The van der Waals surface area contributed by atoms with Gasteiger partial charge in [-0.15, -0.1) is 0 Å². The number of para-hydroxylation sites is 1. The number of carbonyl (C=O) groups is 1. The number of sulfonamides is 1. The molecule has 0 atom stereocenters. The van der Waals surface area contributed by atoms with Gasteiger partial charge in [-0.2, -0.15) is 4.31 Å². The topological polar surface area (TPSA) is 84.9 Å². The maximum absolute atomic E-state index is 12.7. The van der Waals surface area contributed by atoms with Gasteiger partial charge in [0.1, 0.15) is 5.75 Å². The fourth-order valence-corrected chi connectivity index (χ4v) is 4.27. The van der Waals surface area contributed by atoms with Gasteiger partial charge in [0.05, 0.1) is 24.7 Å². The molecule has 7 nitrogen and oxygen atoms in total. The standard InChI is InChI=1S/C20H24N2O5S/c23-20(21-10-5-13-27-18-7-2-1-3-8-18)17-6-4-9-19(16-17)28(24,25)22-11-14-26-15-12-22/h1-4,6-9,16H,5,10-15H2,(H,21,23). The van der Waals surface area contributed by atoms with Gasteiger partial charge in [0.2, 0.25) is 10.0 Å². The van der Waals surface area contributed by atoms with E-state index in [1.807, 2.05) is 30.3 Å². The predicted molar refractivity (Wildman–Crippen MR) is 105 cm³/mol. The van der Waals surface area contributed by atoms with Crippen LogP contribution < -0.4 is 10.1 Å². The van der Waals surface area contributed by atoms with Crippen molar-refractivity contribution < 1.29 is 22.7 Å². The molecule has 0 bridgehead atoms. The van der Waals surface area contributed by atoms with E-state index in [9.17, 15) is 13.2 Å². The number of benzene rings is 2. The normalized spacial score (nSPS) is 15.1. The molecule has 3 rings (SSSR count). The first kappa shape index (κ1) is 20.3. The summed E-state index contributed by atoms with van der Waals surface area (Å²) in [6, 6.07) is 15.6. The largest absolute Gasteiger partial charge is 0.494 e. The van der Waals surface area contributed by atoms with Crippen molar-refractivity contribution in [2.75, 3.05) is 39.5 Å². The van der Waals surface area contributed by atoms with E-state index in [4.69, 9.17) is 9.47 Å². The molecule has 0 saturated carbocycles. The van der Waals surface area contributed by atoms with Crippen LogP contribution in [0.25, 0.3) is 0 Å². The predicted octanol–water partition coefficient (Wildman–Crippen LogP) is 1.91. The monoisotopic (exact) mass is 404 g/mol. The van der Waals surface area contributed by atoms with Gasteiger partial charge in [0, 0.05) is 25.2 Å². The van der Waals surface area contributed by atoms with Crippen LogP contribution in [0, 0.1) is 0 Å². The molecule has 150 valence electrons. The molecule has 8 heteroatoms. The third-order valence-corrected chi connectivity index (χ3v) is 6.22. The van der Waals surface area contributed by atoms with Crippen LogP contribution >= 0.6 is 0 Å². The van der Waals surface area contributed by atoms with Crippen molar-refractivity contribution in [1.82, 2.24) is 9.62 Å². The average Bonchev–Trinajstić information content (AvgIpc) is 2.75. The maximum Gasteiger partial charge on any atom is 0.251 e. The lowest BCUT2D eigenvalue weighted by Gasteiger charge is -2.26. The summed E-state index contributed by atoms with van der Waals surface area (Å²) in [6.45, 7) is 2.32. The zero-order chi connectivity index (χ0) is 19.8. The van der Waals surface area contributed by atoms with E-state index >= 15 is 0 Å². The molecule has 0 aliphatic carbocycles. The minimum Gasteiger partial charge on any atom is -0.494 e. The first-order valence-electron chi connectivity index (χ1n) is 9.21. The van der Waals surface area contributed by atoms with E-state index < -0.39 is 10.0 Å². The number of rotatable bonds is 8. The van der Waals surface area contributed by atoms with Crippen molar-refractivity contribution in [2.24, 2.45) is 0 Å². The third kappa shape index (κ3) is 5.31. The number of nitrogens with one attached hydrogen (secondary N) is 1. The minimum absolute atomic E-state index is 0.120. The summed E-state index contributed by atoms with van der Waals surface area (Å²) in [5.41, 5.74) is 0.318. The third-order valence-electron chi connectivity index (χ3n) is 4.32. The van der Waals surface area contributed by atoms with E-state index in [0.717, 1.165) is 5.75 Å². The lowest BCUT2D eigenvalue weighted by molar-refractivity contribution is 0.0730. The fourth-order valence-electron chi connectivity index (χ4n) is 2.82. The molecule has 0 spiro atoms. The van der Waals surface area contributed by atoms with Crippen molar-refractivity contribution in [1.29, 1.82) is 0 Å². The van der Waals surface area contributed by atoms with Crippen molar-refractivity contribution in [3.63, 3.8) is 0 Å². The lowest BCUT2D eigenvalue weighted by atomic mass is 10.2. The number of morpholine rings is 1. The summed E-state index contributed by atoms with van der Waals surface area (Å²) in [5.74, 6) is 0.480. The number of hydrogen-bond acceptors (Lipinski definition) is 5. The molecule has 1 saturated heterocycles. The summed E-state index contributed by atoms with van der Waals surface area (Å²) in [6.07, 6.45) is 0.645. The molecule has 0 unspecified atom stereocenters. The number of nitrogens with zero attached hydrogens (tertiary/aromatic N) is 1. The second kappa shape index (κ2) is 9.68. The molecular formula is C20H24N2O5S. The van der Waals surface area contributed by atoms with E-state index in [-0.39, 0.29) is 10.8 Å². The fraction of sp³-hybridized carbons (Fsp3) is 0.350. The highest BCUT2D eigenvalue weighted by Gasteiger charge is 2.26. The maximum atomic E-state index is 12.7. The smallest absolute Gasteiger partial charge is 0.251 e. The molecule has 1 fully saturated rings. The van der Waals surface area contributed by atoms with Gasteiger partial charge < -0.3 is 14.8 Å². The lowest BCUT2D eigenvalue weighted by Crippen LogP contribution is -2.40. The van der Waals surface area contributed by atoms with Gasteiger partial charge in [0.15, 0.2) is 0 Å². The number of ether oxygens (including phenoxy) is 2. The Kier molecular flexibility index (Phi) is 7.02. The van der Waals surface area contributed by atoms with Gasteiger partial charge in [0.25, 0.3) is 5.91 Å². The first-order chi connectivity index (χ1) is 13.6. The van der Waals surface area contributed by atoms with Crippen LogP contribution in [0.4, 0.5) is 0 Å². The molecule has 1 N–H and O–H groups in total. The zero-order valence-electron chi connectivity index (χ0n) is 15.5. The molecular weight excluding hydrogens is 380 g/mol. The minimum atomic E-state index is -3.62. The Balaban J connectivity index is 1.52. The van der Waals surface area contributed by atoms with E-state index in [1.54, 1.807) is 12.1 Å². The van der Waals surface area contributed by atoms with Crippen LogP contribution in [0.5, 0.6) is 5.75 Å². The van der Waals surface area contributed by atoms with Crippen LogP contribution in [-0.2, 0) is 14.8 Å². The summed E-state index contributed by atoms with van der Waals surface area (Å²) >= 11 is 0. The van der Waals surface area contributed by atoms with Crippen molar-refractivity contribution in [2.45, 2.75) is 11.3 Å². The molecule has 28 heavy (non-hydrogen) atoms. The van der Waals surface area contributed by atoms with Gasteiger partial charge in [-0.1, -0.05) is 24.3 Å². The zero-order valence-corrected chi connectivity index (χ0v) is 16.4. The van der Waals surface area contributed by atoms with Gasteiger partial charge in [-0.05, 0) is 36.8 Å². The van der Waals surface area contributed by atoms with Crippen LogP contribution in [0.1, 0.15) is 16.8 Å². The molecule has 1 amide bonds. The Bertz CT molecular complexity index is 880. The first-order valence-corrected chi connectivity index (χ1v) is 10.7. The molecule has 0 aromatic heterocycles. The van der Waals surface area contributed by atoms with Crippen LogP contribution in [0.3, 0.4) is 0 Å². The van der Waals surface area contributed by atoms with Crippen LogP contribution in [-0.4, -0.2) is 58.1 Å². The SMILES string of the molecule is O=C(NCCCOc1ccccc1)c1cccc(S(=O)(=O)N2CCOCC2)c1. The Morgan fingerprint density at radius 3 is 2.57 bits per heavy atom. The number of carbonyl (C=O) groups excluding carboxylic acids is 1. The van der Waals surface area contributed by atoms with E-state index in [0.29, 0.717) is 51.4 Å². The number of hydrogen-bond donors (Lipinski definition) is 1. The van der Waals surface area contributed by atoms with Crippen LogP contribution in [0.2, 0.25) is 0 Å². The highest BCUT2D eigenvalue weighted by Crippen LogP contribution is 2.18. The Morgan fingerprint density at radius 1 is 1.07 bits per heavy atom. The van der Waals surface area contributed by atoms with Crippen molar-refractivity contribution in [3.05, 3.63) is 60.2 Å². The highest BCUT2D eigenvalue weighted by molar-refractivity contribution is 7.89. The summed E-state index contributed by atoms with van der Waals surface area (Å²) < 4.78 is 37.6. The molecule has 1 heterocycles. The van der Waals surface area contributed by atoms with Crippen LogP contribution in [0.15, 0.2) is 59.5 Å². The molecule has 0 radical (unpaired) electrons. The molecule has 2 aromatic carbocycles.